The molecule has 3 rings (SSSR count). The van der Waals surface area contributed by atoms with Crippen LogP contribution in [0.3, 0.4) is 0 Å². The largest absolute Gasteiger partial charge is 0.356 e. The molecule has 0 radical (unpaired) electrons. The van der Waals surface area contributed by atoms with Crippen molar-refractivity contribution in [2.24, 2.45) is 11.8 Å². The van der Waals surface area contributed by atoms with Crippen molar-refractivity contribution in [2.75, 3.05) is 39.3 Å². The molecule has 0 unspecified atom stereocenters. The normalized spacial score (nSPS) is 22.5. The Balaban J connectivity index is 1.46. The first-order chi connectivity index (χ1) is 13.9. The molecule has 2 aliphatic rings. The SMILES string of the molecule is Cc1ccc(S(=O)(=O)N2CCC[C@@H](C(=O)NCCCN3CCC(C)CC3)C2)cc1. The van der Waals surface area contributed by atoms with Crippen molar-refractivity contribution in [1.29, 1.82) is 0 Å². The molecule has 0 aliphatic carbocycles. The van der Waals surface area contributed by atoms with Gasteiger partial charge in [0.25, 0.3) is 0 Å². The van der Waals surface area contributed by atoms with E-state index in [-0.39, 0.29) is 18.4 Å². The van der Waals surface area contributed by atoms with E-state index in [9.17, 15) is 13.2 Å². The summed E-state index contributed by atoms with van der Waals surface area (Å²) in [6, 6.07) is 6.92. The van der Waals surface area contributed by atoms with Gasteiger partial charge in [-0.05, 0) is 76.7 Å². The molecule has 1 atom stereocenters. The molecular weight excluding hydrogens is 386 g/mol. The van der Waals surface area contributed by atoms with Crippen molar-refractivity contribution in [3.8, 4) is 0 Å². The van der Waals surface area contributed by atoms with Gasteiger partial charge in [0.05, 0.1) is 10.8 Å². The van der Waals surface area contributed by atoms with Crippen LogP contribution in [0.5, 0.6) is 0 Å². The van der Waals surface area contributed by atoms with Gasteiger partial charge in [0.2, 0.25) is 15.9 Å². The van der Waals surface area contributed by atoms with E-state index in [4.69, 9.17) is 0 Å². The van der Waals surface area contributed by atoms with Gasteiger partial charge in [-0.2, -0.15) is 4.31 Å². The van der Waals surface area contributed by atoms with Crippen LogP contribution in [0.1, 0.15) is 44.6 Å². The summed E-state index contributed by atoms with van der Waals surface area (Å²) in [6.07, 6.45) is 4.93. The second-order valence-corrected chi connectivity index (χ2v) is 10.6. The highest BCUT2D eigenvalue weighted by Crippen LogP contribution is 2.24. The van der Waals surface area contributed by atoms with Crippen LogP contribution in [-0.2, 0) is 14.8 Å². The summed E-state index contributed by atoms with van der Waals surface area (Å²) >= 11 is 0. The maximum Gasteiger partial charge on any atom is 0.243 e. The fraction of sp³-hybridized carbons (Fsp3) is 0.682. The highest BCUT2D eigenvalue weighted by atomic mass is 32.2. The molecule has 2 fully saturated rings. The number of hydrogen-bond acceptors (Lipinski definition) is 4. The van der Waals surface area contributed by atoms with Gasteiger partial charge in [-0.15, -0.1) is 0 Å². The van der Waals surface area contributed by atoms with Gasteiger partial charge in [-0.25, -0.2) is 8.42 Å². The van der Waals surface area contributed by atoms with E-state index in [1.54, 1.807) is 12.1 Å². The summed E-state index contributed by atoms with van der Waals surface area (Å²) in [5, 5.41) is 3.03. The molecule has 162 valence electrons. The highest BCUT2D eigenvalue weighted by molar-refractivity contribution is 7.89. The van der Waals surface area contributed by atoms with Crippen molar-refractivity contribution in [2.45, 2.75) is 50.8 Å². The van der Waals surface area contributed by atoms with Crippen LogP contribution in [0.2, 0.25) is 0 Å². The van der Waals surface area contributed by atoms with E-state index in [2.05, 4.69) is 17.1 Å². The zero-order valence-electron chi connectivity index (χ0n) is 17.8. The minimum absolute atomic E-state index is 0.0129. The van der Waals surface area contributed by atoms with Crippen LogP contribution in [-0.4, -0.2) is 62.8 Å². The quantitative estimate of drug-likeness (QED) is 0.687. The molecule has 29 heavy (non-hydrogen) atoms. The maximum absolute atomic E-state index is 12.9. The summed E-state index contributed by atoms with van der Waals surface area (Å²) in [5.41, 5.74) is 1.03. The number of carbonyl (C=O) groups excluding carboxylic acids is 1. The molecule has 0 bridgehead atoms. The van der Waals surface area contributed by atoms with Gasteiger partial charge in [-0.1, -0.05) is 24.6 Å². The summed E-state index contributed by atoms with van der Waals surface area (Å²) in [6.45, 7) is 8.98. The summed E-state index contributed by atoms with van der Waals surface area (Å²) in [4.78, 5) is 15.4. The van der Waals surface area contributed by atoms with Crippen molar-refractivity contribution in [1.82, 2.24) is 14.5 Å². The number of hydrogen-bond donors (Lipinski definition) is 1. The van der Waals surface area contributed by atoms with Gasteiger partial charge in [0.1, 0.15) is 0 Å². The molecule has 2 aliphatic heterocycles. The lowest BCUT2D eigenvalue weighted by atomic mass is 9.98. The molecule has 7 heteroatoms. The molecule has 0 spiro atoms. The van der Waals surface area contributed by atoms with E-state index < -0.39 is 10.0 Å². The van der Waals surface area contributed by atoms with Gasteiger partial charge in [0, 0.05) is 19.6 Å². The van der Waals surface area contributed by atoms with E-state index in [0.717, 1.165) is 50.4 Å². The van der Waals surface area contributed by atoms with Crippen LogP contribution in [0.25, 0.3) is 0 Å². The number of piperidine rings is 2. The molecule has 6 nitrogen and oxygen atoms in total. The zero-order chi connectivity index (χ0) is 20.9. The van der Waals surface area contributed by atoms with Crippen LogP contribution >= 0.6 is 0 Å². The summed E-state index contributed by atoms with van der Waals surface area (Å²) in [5.74, 6) is 0.553. The Morgan fingerprint density at radius 1 is 1.10 bits per heavy atom. The first-order valence-electron chi connectivity index (χ1n) is 10.9. The van der Waals surface area contributed by atoms with Crippen LogP contribution in [0.15, 0.2) is 29.2 Å². The number of sulfonamides is 1. The lowest BCUT2D eigenvalue weighted by Crippen LogP contribution is -2.45. The molecule has 1 N–H and O–H groups in total. The minimum atomic E-state index is -3.54. The van der Waals surface area contributed by atoms with E-state index in [0.29, 0.717) is 18.0 Å². The number of nitrogens with one attached hydrogen (secondary N) is 1. The second kappa shape index (κ2) is 10.0. The Morgan fingerprint density at radius 2 is 1.79 bits per heavy atom. The number of benzene rings is 1. The lowest BCUT2D eigenvalue weighted by molar-refractivity contribution is -0.126. The number of nitrogens with zero attached hydrogens (tertiary/aromatic N) is 2. The monoisotopic (exact) mass is 421 g/mol. The average Bonchev–Trinajstić information content (AvgIpc) is 2.73. The Labute approximate surface area is 175 Å². The second-order valence-electron chi connectivity index (χ2n) is 8.68. The predicted octanol–water partition coefficient (Wildman–Crippen LogP) is 2.63. The molecule has 2 heterocycles. The summed E-state index contributed by atoms with van der Waals surface area (Å²) in [7, 11) is -3.54. The maximum atomic E-state index is 12.9. The third-order valence-corrected chi connectivity index (χ3v) is 8.12. The number of carbonyl (C=O) groups is 1. The van der Waals surface area contributed by atoms with Crippen molar-refractivity contribution in [3.05, 3.63) is 29.8 Å². The number of aryl methyl sites for hydroxylation is 1. The zero-order valence-corrected chi connectivity index (χ0v) is 18.6. The topological polar surface area (TPSA) is 69.7 Å². The van der Waals surface area contributed by atoms with E-state index in [1.165, 1.54) is 17.1 Å². The lowest BCUT2D eigenvalue weighted by Gasteiger charge is -2.31. The smallest absolute Gasteiger partial charge is 0.243 e. The number of rotatable bonds is 7. The molecule has 0 aromatic heterocycles. The van der Waals surface area contributed by atoms with E-state index in [1.807, 2.05) is 19.1 Å². The van der Waals surface area contributed by atoms with Gasteiger partial charge >= 0.3 is 0 Å². The molecule has 1 aromatic carbocycles. The standard InChI is InChI=1S/C22H35N3O3S/c1-18-6-8-21(9-7-18)29(27,28)25-14-3-5-20(17-25)22(26)23-12-4-13-24-15-10-19(2)11-16-24/h6-9,19-20H,3-5,10-17H2,1-2H3,(H,23,26)/t20-/m1/s1. The first kappa shape index (κ1) is 22.2. The van der Waals surface area contributed by atoms with Crippen LogP contribution < -0.4 is 5.32 Å². The molecule has 0 saturated carbocycles. The fourth-order valence-electron chi connectivity index (χ4n) is 4.18. The number of likely N-dealkylation sites (tertiary alicyclic amines) is 1. The Hall–Kier alpha value is -1.44. The van der Waals surface area contributed by atoms with Crippen molar-refractivity contribution >= 4 is 15.9 Å². The molecule has 1 aromatic rings. The highest BCUT2D eigenvalue weighted by Gasteiger charge is 2.33. The molecular formula is C22H35N3O3S. The third kappa shape index (κ3) is 6.03. The Bertz CT molecular complexity index is 771. The molecule has 1 amide bonds. The van der Waals surface area contributed by atoms with Gasteiger partial charge < -0.3 is 10.2 Å². The number of amides is 1. The van der Waals surface area contributed by atoms with Crippen LogP contribution in [0.4, 0.5) is 0 Å². The van der Waals surface area contributed by atoms with Gasteiger partial charge in [-0.3, -0.25) is 4.79 Å². The first-order valence-corrected chi connectivity index (χ1v) is 12.4. The van der Waals surface area contributed by atoms with E-state index >= 15 is 0 Å². The average molecular weight is 422 g/mol. The Morgan fingerprint density at radius 3 is 2.48 bits per heavy atom. The van der Waals surface area contributed by atoms with Crippen LogP contribution in [0, 0.1) is 18.8 Å². The molecule has 2 saturated heterocycles. The van der Waals surface area contributed by atoms with Gasteiger partial charge in [0.15, 0.2) is 0 Å². The summed E-state index contributed by atoms with van der Waals surface area (Å²) < 4.78 is 27.3. The van der Waals surface area contributed by atoms with Crippen molar-refractivity contribution < 1.29 is 13.2 Å². The van der Waals surface area contributed by atoms with Crippen molar-refractivity contribution in [3.63, 3.8) is 0 Å². The Kier molecular flexibility index (Phi) is 7.71. The minimum Gasteiger partial charge on any atom is -0.356 e. The third-order valence-electron chi connectivity index (χ3n) is 6.24. The fourth-order valence-corrected chi connectivity index (χ4v) is 5.70. The predicted molar refractivity (Wildman–Crippen MR) is 115 cm³/mol.